The van der Waals surface area contributed by atoms with Gasteiger partial charge in [-0.25, -0.2) is 4.79 Å². The molecular weight excluding hydrogens is 336 g/mol. The maximum absolute atomic E-state index is 12.5. The smallest absolute Gasteiger partial charge is 0.411 e. The van der Waals surface area contributed by atoms with E-state index >= 15 is 0 Å². The van der Waals surface area contributed by atoms with E-state index in [0.717, 1.165) is 0 Å². The zero-order valence-corrected chi connectivity index (χ0v) is 15.0. The Bertz CT molecular complexity index is 776. The van der Waals surface area contributed by atoms with Crippen molar-refractivity contribution in [2.24, 2.45) is 0 Å². The van der Waals surface area contributed by atoms with Crippen LogP contribution in [-0.4, -0.2) is 32.3 Å². The lowest BCUT2D eigenvalue weighted by Gasteiger charge is -2.12. The summed E-state index contributed by atoms with van der Waals surface area (Å²) < 4.78 is 15.6. The Kier molecular flexibility index (Phi) is 6.84. The predicted molar refractivity (Wildman–Crippen MR) is 99.2 cm³/mol. The molecule has 2 aromatic carbocycles. The molecule has 0 saturated heterocycles. The maximum Gasteiger partial charge on any atom is 0.411 e. The van der Waals surface area contributed by atoms with E-state index in [-0.39, 0.29) is 12.5 Å². The Morgan fingerprint density at radius 1 is 0.923 bits per heavy atom. The first-order chi connectivity index (χ1) is 12.6. The van der Waals surface area contributed by atoms with E-state index in [1.54, 1.807) is 49.4 Å². The van der Waals surface area contributed by atoms with Crippen molar-refractivity contribution < 1.29 is 23.8 Å². The molecule has 2 N–H and O–H groups in total. The molecule has 0 unspecified atom stereocenters. The lowest BCUT2D eigenvalue weighted by atomic mass is 10.2. The average Bonchev–Trinajstić information content (AvgIpc) is 2.63. The number of rotatable bonds is 7. The van der Waals surface area contributed by atoms with Crippen LogP contribution in [-0.2, 0) is 4.74 Å². The van der Waals surface area contributed by atoms with Gasteiger partial charge in [0.2, 0.25) is 0 Å². The summed E-state index contributed by atoms with van der Waals surface area (Å²) in [4.78, 5) is 23.9. The first kappa shape index (κ1) is 19.1. The van der Waals surface area contributed by atoms with Gasteiger partial charge in [-0.15, -0.1) is 0 Å². The largest absolute Gasteiger partial charge is 0.493 e. The molecule has 2 amide bonds. The van der Waals surface area contributed by atoms with Crippen LogP contribution in [0.3, 0.4) is 0 Å². The quantitative estimate of drug-likeness (QED) is 0.784. The average molecular weight is 358 g/mol. The van der Waals surface area contributed by atoms with Crippen molar-refractivity contribution in [2.45, 2.75) is 13.8 Å². The topological polar surface area (TPSA) is 85.9 Å². The van der Waals surface area contributed by atoms with E-state index in [0.29, 0.717) is 35.0 Å². The lowest BCUT2D eigenvalue weighted by Crippen LogP contribution is -2.15. The molecule has 0 atom stereocenters. The standard InChI is InChI=1S/C19H22N2O5/c1-4-25-16-10-9-15(12-17(16)24-3)20-18(22)13-7-6-8-14(11-13)21-19(23)26-5-2/h6-12H,4-5H2,1-3H3,(H,20,22)(H,21,23). The molecule has 26 heavy (non-hydrogen) atoms. The number of anilines is 2. The van der Waals surface area contributed by atoms with E-state index in [4.69, 9.17) is 14.2 Å². The molecule has 138 valence electrons. The molecule has 2 aromatic rings. The fourth-order valence-corrected chi connectivity index (χ4v) is 2.25. The molecule has 0 spiro atoms. The molecule has 0 aliphatic heterocycles. The van der Waals surface area contributed by atoms with Crippen LogP contribution in [0.2, 0.25) is 0 Å². The van der Waals surface area contributed by atoms with Crippen LogP contribution in [0, 0.1) is 0 Å². The fraction of sp³-hybridized carbons (Fsp3) is 0.263. The summed E-state index contributed by atoms with van der Waals surface area (Å²) in [5.74, 6) is 0.819. The third-order valence-corrected chi connectivity index (χ3v) is 3.37. The van der Waals surface area contributed by atoms with Gasteiger partial charge in [0.15, 0.2) is 11.5 Å². The number of hydrogen-bond donors (Lipinski definition) is 2. The molecule has 0 fully saturated rings. The minimum absolute atomic E-state index is 0.269. The zero-order valence-electron chi connectivity index (χ0n) is 15.0. The van der Waals surface area contributed by atoms with Gasteiger partial charge in [-0.3, -0.25) is 10.1 Å². The number of ether oxygens (including phenoxy) is 3. The molecule has 7 nitrogen and oxygen atoms in total. The summed E-state index contributed by atoms with van der Waals surface area (Å²) in [5.41, 5.74) is 1.44. The van der Waals surface area contributed by atoms with Crippen LogP contribution in [0.15, 0.2) is 42.5 Å². The van der Waals surface area contributed by atoms with E-state index < -0.39 is 6.09 Å². The Hall–Kier alpha value is -3.22. The Labute approximate surface area is 152 Å². The predicted octanol–water partition coefficient (Wildman–Crippen LogP) is 3.91. The van der Waals surface area contributed by atoms with Gasteiger partial charge >= 0.3 is 6.09 Å². The van der Waals surface area contributed by atoms with Crippen molar-refractivity contribution in [3.05, 3.63) is 48.0 Å². The zero-order chi connectivity index (χ0) is 18.9. The van der Waals surface area contributed by atoms with Gasteiger partial charge in [-0.05, 0) is 44.2 Å². The van der Waals surface area contributed by atoms with Crippen LogP contribution in [0.1, 0.15) is 24.2 Å². The summed E-state index contributed by atoms with van der Waals surface area (Å²) >= 11 is 0. The minimum atomic E-state index is -0.568. The van der Waals surface area contributed by atoms with E-state index in [9.17, 15) is 9.59 Å². The Morgan fingerprint density at radius 3 is 2.38 bits per heavy atom. The molecular formula is C19H22N2O5. The molecule has 0 radical (unpaired) electrons. The lowest BCUT2D eigenvalue weighted by molar-refractivity contribution is 0.102. The van der Waals surface area contributed by atoms with Crippen molar-refractivity contribution in [3.8, 4) is 11.5 Å². The number of carbonyl (C=O) groups excluding carboxylic acids is 2. The van der Waals surface area contributed by atoms with Crippen LogP contribution in [0.4, 0.5) is 16.2 Å². The van der Waals surface area contributed by atoms with Crippen LogP contribution < -0.4 is 20.1 Å². The highest BCUT2D eigenvalue weighted by molar-refractivity contribution is 6.05. The highest BCUT2D eigenvalue weighted by atomic mass is 16.5. The molecule has 2 rings (SSSR count). The fourth-order valence-electron chi connectivity index (χ4n) is 2.25. The van der Waals surface area contributed by atoms with Crippen molar-refractivity contribution in [3.63, 3.8) is 0 Å². The van der Waals surface area contributed by atoms with Gasteiger partial charge in [-0.1, -0.05) is 6.07 Å². The van der Waals surface area contributed by atoms with Crippen molar-refractivity contribution in [1.29, 1.82) is 0 Å². The Balaban J connectivity index is 2.11. The van der Waals surface area contributed by atoms with Crippen molar-refractivity contribution in [2.75, 3.05) is 31.0 Å². The first-order valence-corrected chi connectivity index (χ1v) is 8.23. The molecule has 7 heteroatoms. The number of amides is 2. The third-order valence-electron chi connectivity index (χ3n) is 3.37. The second-order valence-electron chi connectivity index (χ2n) is 5.18. The summed E-state index contributed by atoms with van der Waals surface area (Å²) in [6, 6.07) is 11.7. The number of benzene rings is 2. The van der Waals surface area contributed by atoms with Crippen molar-refractivity contribution in [1.82, 2.24) is 0 Å². The molecule has 0 heterocycles. The minimum Gasteiger partial charge on any atom is -0.493 e. The normalized spacial score (nSPS) is 9.96. The highest BCUT2D eigenvalue weighted by Gasteiger charge is 2.11. The van der Waals surface area contributed by atoms with Gasteiger partial charge in [-0.2, -0.15) is 0 Å². The monoisotopic (exact) mass is 358 g/mol. The third kappa shape index (κ3) is 5.14. The highest BCUT2D eigenvalue weighted by Crippen LogP contribution is 2.30. The number of hydrogen-bond acceptors (Lipinski definition) is 5. The summed E-state index contributed by atoms with van der Waals surface area (Å²) in [6.45, 7) is 4.38. The maximum atomic E-state index is 12.5. The van der Waals surface area contributed by atoms with Crippen LogP contribution >= 0.6 is 0 Å². The van der Waals surface area contributed by atoms with Gasteiger partial charge in [0.1, 0.15) is 0 Å². The van der Waals surface area contributed by atoms with Crippen LogP contribution in [0.5, 0.6) is 11.5 Å². The van der Waals surface area contributed by atoms with E-state index in [1.165, 1.54) is 7.11 Å². The molecule has 0 saturated carbocycles. The molecule has 0 aromatic heterocycles. The van der Waals surface area contributed by atoms with E-state index in [2.05, 4.69) is 10.6 Å². The number of nitrogens with one attached hydrogen (secondary N) is 2. The summed E-state index contributed by atoms with van der Waals surface area (Å²) in [7, 11) is 1.54. The van der Waals surface area contributed by atoms with Crippen molar-refractivity contribution >= 4 is 23.4 Å². The van der Waals surface area contributed by atoms with Gasteiger partial charge in [0.05, 0.1) is 20.3 Å². The second kappa shape index (κ2) is 9.31. The summed E-state index contributed by atoms with van der Waals surface area (Å²) in [5, 5.41) is 5.35. The number of carbonyl (C=O) groups is 2. The van der Waals surface area contributed by atoms with Gasteiger partial charge in [0, 0.05) is 23.0 Å². The molecule has 0 aliphatic rings. The van der Waals surface area contributed by atoms with Gasteiger partial charge < -0.3 is 19.5 Å². The summed E-state index contributed by atoms with van der Waals surface area (Å²) in [6.07, 6.45) is -0.568. The Morgan fingerprint density at radius 2 is 1.69 bits per heavy atom. The second-order valence-corrected chi connectivity index (χ2v) is 5.18. The van der Waals surface area contributed by atoms with E-state index in [1.807, 2.05) is 6.92 Å². The molecule has 0 bridgehead atoms. The SMILES string of the molecule is CCOC(=O)Nc1cccc(C(=O)Nc2ccc(OCC)c(OC)c2)c1. The first-order valence-electron chi connectivity index (χ1n) is 8.23. The molecule has 0 aliphatic carbocycles. The van der Waals surface area contributed by atoms with Crippen LogP contribution in [0.25, 0.3) is 0 Å². The number of methoxy groups -OCH3 is 1. The van der Waals surface area contributed by atoms with Gasteiger partial charge in [0.25, 0.3) is 5.91 Å².